The van der Waals surface area contributed by atoms with E-state index in [1.807, 2.05) is 0 Å². The normalized spacial score (nSPS) is 16.2. The third-order valence-corrected chi connectivity index (χ3v) is 6.07. The van der Waals surface area contributed by atoms with Crippen molar-refractivity contribution in [3.8, 4) is 0 Å². The second kappa shape index (κ2) is 6.64. The first-order chi connectivity index (χ1) is 13.2. The van der Waals surface area contributed by atoms with E-state index in [-0.39, 0.29) is 0 Å². The van der Waals surface area contributed by atoms with Crippen LogP contribution >= 0.6 is 0 Å². The average molecular weight is 361 g/mol. The topological polar surface area (TPSA) is 82.8 Å². The van der Waals surface area contributed by atoms with E-state index in [2.05, 4.69) is 33.8 Å². The standard InChI is InChI=1S/C22H27N5/c23-13-16-8-4-14(5-9-16)10-11-27-19(12-15-6-7-15)26-20-21(27)17-2-1-3-18(17)25-22(20)24/h4-5,8-9,15H,1-3,6-7,10-13,23H2,(H2,24,25). The molecule has 0 radical (unpaired) electrons. The van der Waals surface area contributed by atoms with Gasteiger partial charge in [0.1, 0.15) is 11.3 Å². The molecule has 2 heterocycles. The number of nitrogen functional groups attached to an aromatic ring is 1. The lowest BCUT2D eigenvalue weighted by molar-refractivity contribution is 0.641. The number of anilines is 1. The molecule has 2 aliphatic rings. The molecule has 0 atom stereocenters. The summed E-state index contributed by atoms with van der Waals surface area (Å²) in [7, 11) is 0. The van der Waals surface area contributed by atoms with Crippen molar-refractivity contribution in [2.24, 2.45) is 11.7 Å². The second-order valence-corrected chi connectivity index (χ2v) is 8.07. The zero-order valence-electron chi connectivity index (χ0n) is 15.7. The van der Waals surface area contributed by atoms with E-state index in [1.54, 1.807) is 0 Å². The van der Waals surface area contributed by atoms with Crippen molar-refractivity contribution in [1.82, 2.24) is 14.5 Å². The van der Waals surface area contributed by atoms with E-state index in [1.165, 1.54) is 53.0 Å². The molecule has 0 spiro atoms. The lowest BCUT2D eigenvalue weighted by Crippen LogP contribution is -2.09. The number of benzene rings is 1. The van der Waals surface area contributed by atoms with E-state index in [9.17, 15) is 0 Å². The fourth-order valence-corrected chi connectivity index (χ4v) is 4.35. The van der Waals surface area contributed by atoms with Crippen molar-refractivity contribution in [2.45, 2.75) is 58.0 Å². The van der Waals surface area contributed by atoms with Crippen LogP contribution in [-0.4, -0.2) is 14.5 Å². The van der Waals surface area contributed by atoms with Crippen molar-refractivity contribution in [3.05, 3.63) is 52.5 Å². The van der Waals surface area contributed by atoms with Crippen LogP contribution in [0, 0.1) is 5.92 Å². The summed E-state index contributed by atoms with van der Waals surface area (Å²) in [5.74, 6) is 2.60. The van der Waals surface area contributed by atoms with Crippen LogP contribution in [0.3, 0.4) is 0 Å². The highest BCUT2D eigenvalue weighted by Gasteiger charge is 2.28. The summed E-state index contributed by atoms with van der Waals surface area (Å²) >= 11 is 0. The molecule has 0 saturated heterocycles. The number of rotatable bonds is 6. The molecule has 5 heteroatoms. The number of fused-ring (bicyclic) bond motifs is 3. The van der Waals surface area contributed by atoms with Crippen molar-refractivity contribution in [1.29, 1.82) is 0 Å². The van der Waals surface area contributed by atoms with Gasteiger partial charge in [0.25, 0.3) is 0 Å². The van der Waals surface area contributed by atoms with Gasteiger partial charge in [0.15, 0.2) is 5.82 Å². The predicted molar refractivity (Wildman–Crippen MR) is 108 cm³/mol. The number of pyridine rings is 1. The maximum absolute atomic E-state index is 6.30. The van der Waals surface area contributed by atoms with E-state index in [0.717, 1.165) is 43.7 Å². The third-order valence-electron chi connectivity index (χ3n) is 6.07. The molecule has 1 fully saturated rings. The van der Waals surface area contributed by atoms with E-state index in [4.69, 9.17) is 16.5 Å². The molecule has 4 N–H and O–H groups in total. The van der Waals surface area contributed by atoms with E-state index >= 15 is 0 Å². The fraction of sp³-hybridized carbons (Fsp3) is 0.455. The van der Waals surface area contributed by atoms with Gasteiger partial charge in [-0.25, -0.2) is 9.97 Å². The molecule has 0 aliphatic heterocycles. The molecule has 2 aliphatic carbocycles. The highest BCUT2D eigenvalue weighted by atomic mass is 15.1. The molecule has 0 bridgehead atoms. The van der Waals surface area contributed by atoms with Gasteiger partial charge in [0.05, 0.1) is 5.52 Å². The molecule has 2 aromatic heterocycles. The lowest BCUT2D eigenvalue weighted by Gasteiger charge is -2.12. The van der Waals surface area contributed by atoms with Crippen LogP contribution < -0.4 is 11.5 Å². The number of hydrogen-bond donors (Lipinski definition) is 2. The van der Waals surface area contributed by atoms with Crippen LogP contribution in [0.25, 0.3) is 11.0 Å². The van der Waals surface area contributed by atoms with Crippen LogP contribution in [-0.2, 0) is 38.8 Å². The molecule has 3 aromatic rings. The fourth-order valence-electron chi connectivity index (χ4n) is 4.35. The molecule has 27 heavy (non-hydrogen) atoms. The number of nitrogens with zero attached hydrogens (tertiary/aromatic N) is 3. The van der Waals surface area contributed by atoms with Crippen LogP contribution in [0.2, 0.25) is 0 Å². The maximum atomic E-state index is 6.30. The summed E-state index contributed by atoms with van der Waals surface area (Å²) < 4.78 is 2.45. The highest BCUT2D eigenvalue weighted by molar-refractivity contribution is 5.89. The monoisotopic (exact) mass is 361 g/mol. The van der Waals surface area contributed by atoms with Crippen molar-refractivity contribution < 1.29 is 0 Å². The Bertz CT molecular complexity index is 982. The summed E-state index contributed by atoms with van der Waals surface area (Å²) in [6, 6.07) is 8.66. The SMILES string of the molecule is NCc1ccc(CCn2c(CC3CC3)nc3c(N)nc4c(c32)CCC4)cc1. The Hall–Kier alpha value is -2.40. The minimum Gasteiger partial charge on any atom is -0.382 e. The van der Waals surface area contributed by atoms with Gasteiger partial charge in [-0.05, 0) is 61.1 Å². The second-order valence-electron chi connectivity index (χ2n) is 8.07. The first-order valence-electron chi connectivity index (χ1n) is 10.2. The molecule has 0 amide bonds. The minimum atomic E-state index is 0.594. The summed E-state index contributed by atoms with van der Waals surface area (Å²) in [5.41, 5.74) is 19.3. The number of hydrogen-bond acceptors (Lipinski definition) is 4. The molecule has 5 nitrogen and oxygen atoms in total. The van der Waals surface area contributed by atoms with Crippen LogP contribution in [0.5, 0.6) is 0 Å². The van der Waals surface area contributed by atoms with E-state index < -0.39 is 0 Å². The molecule has 1 saturated carbocycles. The maximum Gasteiger partial charge on any atom is 0.151 e. The molecular formula is C22H27N5. The predicted octanol–water partition coefficient (Wildman–Crippen LogP) is 3.16. The average Bonchev–Trinajstić information content (AvgIpc) is 3.25. The number of imidazole rings is 1. The zero-order chi connectivity index (χ0) is 18.4. The van der Waals surface area contributed by atoms with E-state index in [0.29, 0.717) is 12.4 Å². The molecule has 5 rings (SSSR count). The summed E-state index contributed by atoms with van der Waals surface area (Å²) in [4.78, 5) is 9.63. The van der Waals surface area contributed by atoms with Gasteiger partial charge >= 0.3 is 0 Å². The Morgan fingerprint density at radius 1 is 1.04 bits per heavy atom. The minimum absolute atomic E-state index is 0.594. The third kappa shape index (κ3) is 3.10. The molecular weight excluding hydrogens is 334 g/mol. The largest absolute Gasteiger partial charge is 0.382 e. The molecule has 0 unspecified atom stereocenters. The summed E-state index contributed by atoms with van der Waals surface area (Å²) in [6.45, 7) is 1.53. The van der Waals surface area contributed by atoms with Crippen LogP contribution in [0.1, 0.15) is 47.5 Å². The first-order valence-corrected chi connectivity index (χ1v) is 10.2. The van der Waals surface area contributed by atoms with Gasteiger partial charge in [-0.15, -0.1) is 0 Å². The Morgan fingerprint density at radius 2 is 1.81 bits per heavy atom. The van der Waals surface area contributed by atoms with Gasteiger partial charge < -0.3 is 16.0 Å². The van der Waals surface area contributed by atoms with Gasteiger partial charge in [-0.2, -0.15) is 0 Å². The smallest absolute Gasteiger partial charge is 0.151 e. The quantitative estimate of drug-likeness (QED) is 0.706. The van der Waals surface area contributed by atoms with Gasteiger partial charge in [0, 0.05) is 25.2 Å². The van der Waals surface area contributed by atoms with Crippen molar-refractivity contribution in [2.75, 3.05) is 5.73 Å². The Balaban J connectivity index is 1.53. The van der Waals surface area contributed by atoms with Gasteiger partial charge in [-0.1, -0.05) is 24.3 Å². The highest BCUT2D eigenvalue weighted by Crippen LogP contribution is 2.36. The lowest BCUT2D eigenvalue weighted by atomic mass is 10.1. The summed E-state index contributed by atoms with van der Waals surface area (Å²) in [5, 5.41) is 0. The van der Waals surface area contributed by atoms with Crippen LogP contribution in [0.15, 0.2) is 24.3 Å². The van der Waals surface area contributed by atoms with Crippen molar-refractivity contribution >= 4 is 16.9 Å². The number of aromatic nitrogens is 3. The molecule has 1 aromatic carbocycles. The Labute approximate surface area is 159 Å². The Morgan fingerprint density at radius 3 is 2.56 bits per heavy atom. The Kier molecular flexibility index (Phi) is 4.12. The van der Waals surface area contributed by atoms with Gasteiger partial charge in [-0.3, -0.25) is 0 Å². The van der Waals surface area contributed by atoms with Crippen molar-refractivity contribution in [3.63, 3.8) is 0 Å². The zero-order valence-corrected chi connectivity index (χ0v) is 15.7. The molecule has 140 valence electrons. The van der Waals surface area contributed by atoms with Gasteiger partial charge in [0.2, 0.25) is 0 Å². The van der Waals surface area contributed by atoms with Crippen LogP contribution in [0.4, 0.5) is 5.82 Å². The summed E-state index contributed by atoms with van der Waals surface area (Å²) in [6.07, 6.45) is 8.02. The number of nitrogens with two attached hydrogens (primary N) is 2. The number of aryl methyl sites for hydroxylation is 4. The first kappa shape index (κ1) is 16.8.